The lowest BCUT2D eigenvalue weighted by molar-refractivity contribution is 0.884. The lowest BCUT2D eigenvalue weighted by Gasteiger charge is -2.03. The first-order chi connectivity index (χ1) is 6.81. The number of rotatable bonds is 1. The third-order valence-corrected chi connectivity index (χ3v) is 2.08. The summed E-state index contributed by atoms with van der Waals surface area (Å²) in [5, 5.41) is 9.70. The van der Waals surface area contributed by atoms with E-state index in [0.717, 1.165) is 10.9 Å². The van der Waals surface area contributed by atoms with Crippen LogP contribution < -0.4 is 5.73 Å². The summed E-state index contributed by atoms with van der Waals surface area (Å²) in [5.41, 5.74) is 7.05. The maximum absolute atomic E-state index is 8.65. The normalized spacial score (nSPS) is 12.3. The van der Waals surface area contributed by atoms with Crippen molar-refractivity contribution in [1.82, 2.24) is 4.98 Å². The monoisotopic (exact) mass is 183 g/mol. The predicted molar refractivity (Wildman–Crippen MR) is 54.3 cm³/mol. The van der Waals surface area contributed by atoms with Gasteiger partial charge in [0.15, 0.2) is 0 Å². The number of para-hydroxylation sites is 1. The number of benzene rings is 1. The van der Waals surface area contributed by atoms with E-state index in [1.54, 1.807) is 6.07 Å². The molecular weight excluding hydrogens is 174 g/mol. The Morgan fingerprint density at radius 2 is 2.00 bits per heavy atom. The molecule has 0 radical (unpaired) electrons. The fraction of sp³-hybridized carbons (Fsp3) is 0.0909. The Labute approximate surface area is 81.8 Å². The Morgan fingerprint density at radius 3 is 2.79 bits per heavy atom. The summed E-state index contributed by atoms with van der Waals surface area (Å²) in [6.45, 7) is 0. The maximum Gasteiger partial charge on any atom is 0.136 e. The van der Waals surface area contributed by atoms with Gasteiger partial charge in [-0.25, -0.2) is 0 Å². The first kappa shape index (κ1) is 8.67. The molecule has 1 heterocycles. The van der Waals surface area contributed by atoms with Crippen LogP contribution in [0.25, 0.3) is 10.9 Å². The molecule has 0 fully saturated rings. The highest BCUT2D eigenvalue weighted by Gasteiger charge is 2.05. The second kappa shape index (κ2) is 3.44. The number of hydrogen-bond acceptors (Lipinski definition) is 3. The Hall–Kier alpha value is -1.92. The number of aromatic nitrogens is 1. The van der Waals surface area contributed by atoms with Crippen LogP contribution in [-0.2, 0) is 0 Å². The predicted octanol–water partition coefficient (Wildman–Crippen LogP) is 1.76. The van der Waals surface area contributed by atoms with Crippen LogP contribution in [0.4, 0.5) is 0 Å². The Morgan fingerprint density at radius 1 is 1.21 bits per heavy atom. The topological polar surface area (TPSA) is 62.7 Å². The molecule has 3 nitrogen and oxygen atoms in total. The molecule has 2 N–H and O–H groups in total. The van der Waals surface area contributed by atoms with Gasteiger partial charge in [0.05, 0.1) is 17.3 Å². The van der Waals surface area contributed by atoms with Crippen LogP contribution in [0.2, 0.25) is 0 Å². The first-order valence-electron chi connectivity index (χ1n) is 4.32. The van der Waals surface area contributed by atoms with Gasteiger partial charge in [0, 0.05) is 5.39 Å². The van der Waals surface area contributed by atoms with E-state index in [0.29, 0.717) is 5.69 Å². The Kier molecular flexibility index (Phi) is 2.13. The van der Waals surface area contributed by atoms with E-state index in [4.69, 9.17) is 11.0 Å². The molecule has 1 aromatic carbocycles. The third-order valence-electron chi connectivity index (χ3n) is 2.08. The third kappa shape index (κ3) is 1.43. The van der Waals surface area contributed by atoms with Crippen LogP contribution in [0, 0.1) is 11.3 Å². The van der Waals surface area contributed by atoms with Crippen molar-refractivity contribution < 1.29 is 0 Å². The first-order valence-corrected chi connectivity index (χ1v) is 4.32. The fourth-order valence-electron chi connectivity index (χ4n) is 1.32. The van der Waals surface area contributed by atoms with Crippen LogP contribution in [0.1, 0.15) is 11.7 Å². The molecule has 14 heavy (non-hydrogen) atoms. The molecule has 68 valence electrons. The number of nitriles is 1. The fourth-order valence-corrected chi connectivity index (χ4v) is 1.32. The van der Waals surface area contributed by atoms with Crippen LogP contribution in [-0.4, -0.2) is 4.98 Å². The highest BCUT2D eigenvalue weighted by atomic mass is 14.8. The molecule has 0 aliphatic heterocycles. The molecule has 0 amide bonds. The zero-order chi connectivity index (χ0) is 9.97. The average molecular weight is 183 g/mol. The summed E-state index contributed by atoms with van der Waals surface area (Å²) in [6.07, 6.45) is 0. The molecule has 1 aromatic heterocycles. The van der Waals surface area contributed by atoms with Crippen molar-refractivity contribution in [3.63, 3.8) is 0 Å². The van der Waals surface area contributed by atoms with Crippen molar-refractivity contribution in [1.29, 1.82) is 5.26 Å². The molecule has 2 rings (SSSR count). The summed E-state index contributed by atoms with van der Waals surface area (Å²) in [7, 11) is 0. The molecule has 0 saturated heterocycles. The Balaban J connectivity index is 2.58. The van der Waals surface area contributed by atoms with Gasteiger partial charge in [0.2, 0.25) is 0 Å². The van der Waals surface area contributed by atoms with Gasteiger partial charge in [-0.05, 0) is 12.1 Å². The SMILES string of the molecule is N#C[C@@H](N)c1ccc2ccccc2n1. The van der Waals surface area contributed by atoms with Crippen molar-refractivity contribution in [3.8, 4) is 6.07 Å². The highest BCUT2D eigenvalue weighted by molar-refractivity contribution is 5.78. The molecule has 0 aliphatic rings. The van der Waals surface area contributed by atoms with Crippen LogP contribution in [0.5, 0.6) is 0 Å². The Bertz CT molecular complexity index is 499. The van der Waals surface area contributed by atoms with Gasteiger partial charge in [-0.2, -0.15) is 5.26 Å². The van der Waals surface area contributed by atoms with Gasteiger partial charge in [-0.1, -0.05) is 24.3 Å². The molecular formula is C11H9N3. The van der Waals surface area contributed by atoms with Crippen molar-refractivity contribution >= 4 is 10.9 Å². The van der Waals surface area contributed by atoms with Crippen LogP contribution in [0.15, 0.2) is 36.4 Å². The van der Waals surface area contributed by atoms with E-state index in [9.17, 15) is 0 Å². The summed E-state index contributed by atoms with van der Waals surface area (Å²) in [5.74, 6) is 0. The summed E-state index contributed by atoms with van der Waals surface area (Å²) < 4.78 is 0. The van der Waals surface area contributed by atoms with Gasteiger partial charge in [-0.15, -0.1) is 0 Å². The van der Waals surface area contributed by atoms with E-state index >= 15 is 0 Å². The van der Waals surface area contributed by atoms with Gasteiger partial charge in [-0.3, -0.25) is 4.98 Å². The van der Waals surface area contributed by atoms with E-state index in [-0.39, 0.29) is 0 Å². The van der Waals surface area contributed by atoms with Crippen molar-refractivity contribution in [2.24, 2.45) is 5.73 Å². The summed E-state index contributed by atoms with van der Waals surface area (Å²) in [6, 6.07) is 12.8. The number of nitrogens with two attached hydrogens (primary N) is 1. The molecule has 3 heteroatoms. The van der Waals surface area contributed by atoms with E-state index in [2.05, 4.69) is 4.98 Å². The molecule has 0 spiro atoms. The zero-order valence-corrected chi connectivity index (χ0v) is 7.51. The second-order valence-corrected chi connectivity index (χ2v) is 3.04. The van der Waals surface area contributed by atoms with Gasteiger partial charge in [0.25, 0.3) is 0 Å². The van der Waals surface area contributed by atoms with E-state index in [1.807, 2.05) is 36.4 Å². The minimum Gasteiger partial charge on any atom is -0.311 e. The van der Waals surface area contributed by atoms with Crippen molar-refractivity contribution in [2.75, 3.05) is 0 Å². The van der Waals surface area contributed by atoms with Gasteiger partial charge < -0.3 is 5.73 Å². The van der Waals surface area contributed by atoms with Crippen LogP contribution in [0.3, 0.4) is 0 Å². The quantitative estimate of drug-likeness (QED) is 0.732. The van der Waals surface area contributed by atoms with E-state index in [1.165, 1.54) is 0 Å². The summed E-state index contributed by atoms with van der Waals surface area (Å²) >= 11 is 0. The van der Waals surface area contributed by atoms with Gasteiger partial charge in [0.1, 0.15) is 6.04 Å². The average Bonchev–Trinajstić information content (AvgIpc) is 2.27. The number of fused-ring (bicyclic) bond motifs is 1. The van der Waals surface area contributed by atoms with Gasteiger partial charge >= 0.3 is 0 Å². The number of nitrogens with zero attached hydrogens (tertiary/aromatic N) is 2. The number of hydrogen-bond donors (Lipinski definition) is 1. The molecule has 0 bridgehead atoms. The minimum absolute atomic E-state index is 0.617. The minimum atomic E-state index is -0.639. The van der Waals surface area contributed by atoms with Crippen LogP contribution >= 0.6 is 0 Å². The standard InChI is InChI=1S/C11H9N3/c12-7-9(13)11-6-5-8-3-1-2-4-10(8)14-11/h1-6,9H,13H2/t9-/m1/s1. The summed E-state index contributed by atoms with van der Waals surface area (Å²) in [4.78, 5) is 4.30. The lowest BCUT2D eigenvalue weighted by atomic mass is 10.1. The van der Waals surface area contributed by atoms with E-state index < -0.39 is 6.04 Å². The molecule has 0 unspecified atom stereocenters. The second-order valence-electron chi connectivity index (χ2n) is 3.04. The molecule has 0 aliphatic carbocycles. The zero-order valence-electron chi connectivity index (χ0n) is 7.51. The molecule has 1 atom stereocenters. The largest absolute Gasteiger partial charge is 0.311 e. The molecule has 0 saturated carbocycles. The molecule has 2 aromatic rings. The van der Waals surface area contributed by atoms with Crippen molar-refractivity contribution in [2.45, 2.75) is 6.04 Å². The maximum atomic E-state index is 8.65. The number of pyridine rings is 1. The lowest BCUT2D eigenvalue weighted by Crippen LogP contribution is -2.08. The van der Waals surface area contributed by atoms with Crippen molar-refractivity contribution in [3.05, 3.63) is 42.1 Å². The smallest absolute Gasteiger partial charge is 0.136 e. The highest BCUT2D eigenvalue weighted by Crippen LogP contribution is 2.14.